The zero-order chi connectivity index (χ0) is 11.3. The maximum atomic E-state index is 5.19. The van der Waals surface area contributed by atoms with E-state index in [0.29, 0.717) is 0 Å². The molecule has 1 aromatic rings. The van der Waals surface area contributed by atoms with Crippen LogP contribution in [0.1, 0.15) is 32.8 Å². The minimum absolute atomic E-state index is 0.197. The molecule has 1 N–H and O–H groups in total. The number of hydrogen-bond acceptors (Lipinski definition) is 2. The van der Waals surface area contributed by atoms with Gasteiger partial charge in [-0.2, -0.15) is 0 Å². The third kappa shape index (κ3) is 3.92. The average Bonchev–Trinajstić information content (AvgIpc) is 2.27. The summed E-state index contributed by atoms with van der Waals surface area (Å²) >= 11 is 0. The largest absolute Gasteiger partial charge is 0.497 e. The molecule has 0 heterocycles. The van der Waals surface area contributed by atoms with Crippen molar-refractivity contribution in [3.05, 3.63) is 29.8 Å². The first kappa shape index (κ1) is 12.1. The van der Waals surface area contributed by atoms with Gasteiger partial charge in [0.1, 0.15) is 5.75 Å². The van der Waals surface area contributed by atoms with E-state index in [1.165, 1.54) is 5.56 Å². The second-order valence-corrected chi connectivity index (χ2v) is 4.44. The second-order valence-electron chi connectivity index (χ2n) is 4.44. The first-order valence-corrected chi connectivity index (χ1v) is 5.45. The molecule has 15 heavy (non-hydrogen) atoms. The van der Waals surface area contributed by atoms with Crippen molar-refractivity contribution in [3.63, 3.8) is 0 Å². The summed E-state index contributed by atoms with van der Waals surface area (Å²) in [5, 5.41) is 3.52. The highest BCUT2D eigenvalue weighted by Gasteiger charge is 2.13. The van der Waals surface area contributed by atoms with Crippen LogP contribution in [-0.2, 0) is 6.54 Å². The van der Waals surface area contributed by atoms with E-state index in [9.17, 15) is 0 Å². The summed E-state index contributed by atoms with van der Waals surface area (Å²) in [6, 6.07) is 8.17. The Morgan fingerprint density at radius 3 is 2.67 bits per heavy atom. The fourth-order valence-corrected chi connectivity index (χ4v) is 1.25. The third-order valence-electron chi connectivity index (χ3n) is 2.79. The van der Waals surface area contributed by atoms with Crippen molar-refractivity contribution < 1.29 is 4.74 Å². The van der Waals surface area contributed by atoms with Gasteiger partial charge in [-0.15, -0.1) is 0 Å². The molecule has 0 bridgehead atoms. The number of hydrogen-bond donors (Lipinski definition) is 1. The normalized spacial score (nSPS) is 11.5. The molecule has 1 aromatic carbocycles. The van der Waals surface area contributed by atoms with E-state index in [1.54, 1.807) is 7.11 Å². The topological polar surface area (TPSA) is 21.3 Å². The van der Waals surface area contributed by atoms with Crippen LogP contribution in [0.3, 0.4) is 0 Å². The molecule has 0 unspecified atom stereocenters. The van der Waals surface area contributed by atoms with Crippen molar-refractivity contribution in [2.75, 3.05) is 7.11 Å². The molecule has 0 aliphatic carbocycles. The van der Waals surface area contributed by atoms with Gasteiger partial charge < -0.3 is 10.1 Å². The highest BCUT2D eigenvalue weighted by atomic mass is 16.5. The summed E-state index contributed by atoms with van der Waals surface area (Å²) in [7, 11) is 1.70. The van der Waals surface area contributed by atoms with Gasteiger partial charge in [0.2, 0.25) is 0 Å². The van der Waals surface area contributed by atoms with E-state index < -0.39 is 0 Å². The van der Waals surface area contributed by atoms with Gasteiger partial charge in [0.15, 0.2) is 0 Å². The Morgan fingerprint density at radius 2 is 2.07 bits per heavy atom. The fourth-order valence-electron chi connectivity index (χ4n) is 1.25. The van der Waals surface area contributed by atoms with Crippen molar-refractivity contribution in [1.82, 2.24) is 5.32 Å². The molecular formula is C13H21NO. The molecule has 2 nitrogen and oxygen atoms in total. The van der Waals surface area contributed by atoms with Crippen molar-refractivity contribution in [3.8, 4) is 5.75 Å². The number of benzene rings is 1. The molecule has 0 fully saturated rings. The zero-order valence-corrected chi connectivity index (χ0v) is 10.1. The predicted octanol–water partition coefficient (Wildman–Crippen LogP) is 2.97. The lowest BCUT2D eigenvalue weighted by molar-refractivity contribution is 0.373. The van der Waals surface area contributed by atoms with E-state index >= 15 is 0 Å². The van der Waals surface area contributed by atoms with Crippen LogP contribution in [0.15, 0.2) is 24.3 Å². The van der Waals surface area contributed by atoms with Crippen LogP contribution in [0.4, 0.5) is 0 Å². The van der Waals surface area contributed by atoms with Gasteiger partial charge in [0, 0.05) is 12.1 Å². The lowest BCUT2D eigenvalue weighted by Crippen LogP contribution is -2.37. The van der Waals surface area contributed by atoms with Crippen molar-refractivity contribution in [2.45, 2.75) is 39.3 Å². The first-order valence-electron chi connectivity index (χ1n) is 5.45. The van der Waals surface area contributed by atoms with Crippen molar-refractivity contribution in [2.24, 2.45) is 0 Å². The lowest BCUT2D eigenvalue weighted by atomic mass is 10.0. The van der Waals surface area contributed by atoms with E-state index in [2.05, 4.69) is 38.2 Å². The van der Waals surface area contributed by atoms with Gasteiger partial charge in [-0.3, -0.25) is 0 Å². The van der Waals surface area contributed by atoms with Crippen LogP contribution < -0.4 is 10.1 Å². The van der Waals surface area contributed by atoms with E-state index in [4.69, 9.17) is 4.74 Å². The van der Waals surface area contributed by atoms with Crippen LogP contribution in [0.5, 0.6) is 5.75 Å². The SMILES string of the molecule is CCC(C)(C)NCc1cccc(OC)c1. The molecule has 1 rings (SSSR count). The third-order valence-corrected chi connectivity index (χ3v) is 2.79. The number of ether oxygens (including phenoxy) is 1. The molecule has 0 saturated heterocycles. The van der Waals surface area contributed by atoms with Gasteiger partial charge >= 0.3 is 0 Å². The fraction of sp³-hybridized carbons (Fsp3) is 0.538. The Balaban J connectivity index is 2.57. The van der Waals surface area contributed by atoms with E-state index in [1.807, 2.05) is 12.1 Å². The molecule has 0 amide bonds. The Kier molecular flexibility index (Phi) is 4.15. The maximum Gasteiger partial charge on any atom is 0.119 e. The van der Waals surface area contributed by atoms with Crippen LogP contribution >= 0.6 is 0 Å². The average molecular weight is 207 g/mol. The summed E-state index contributed by atoms with van der Waals surface area (Å²) in [4.78, 5) is 0. The summed E-state index contributed by atoms with van der Waals surface area (Å²) in [5.41, 5.74) is 1.46. The molecule has 0 atom stereocenters. The predicted molar refractivity (Wildman–Crippen MR) is 64.2 cm³/mol. The quantitative estimate of drug-likeness (QED) is 0.801. The van der Waals surface area contributed by atoms with E-state index in [0.717, 1.165) is 18.7 Å². The Bertz CT molecular complexity index is 307. The zero-order valence-electron chi connectivity index (χ0n) is 10.1. The highest BCUT2D eigenvalue weighted by Crippen LogP contribution is 2.14. The monoisotopic (exact) mass is 207 g/mol. The Labute approximate surface area is 92.6 Å². The van der Waals surface area contributed by atoms with Crippen LogP contribution in [-0.4, -0.2) is 12.6 Å². The van der Waals surface area contributed by atoms with Crippen molar-refractivity contribution >= 4 is 0 Å². The molecule has 84 valence electrons. The molecular weight excluding hydrogens is 186 g/mol. The summed E-state index contributed by atoms with van der Waals surface area (Å²) in [5.74, 6) is 0.920. The minimum Gasteiger partial charge on any atom is -0.497 e. The van der Waals surface area contributed by atoms with Crippen LogP contribution in [0.2, 0.25) is 0 Å². The van der Waals surface area contributed by atoms with Crippen LogP contribution in [0, 0.1) is 0 Å². The number of rotatable bonds is 5. The summed E-state index contributed by atoms with van der Waals surface area (Å²) < 4.78 is 5.19. The summed E-state index contributed by atoms with van der Waals surface area (Å²) in [6.45, 7) is 7.51. The molecule has 0 aliphatic rings. The van der Waals surface area contributed by atoms with Gasteiger partial charge in [-0.25, -0.2) is 0 Å². The maximum absolute atomic E-state index is 5.19. The Morgan fingerprint density at radius 1 is 1.33 bits per heavy atom. The molecule has 0 saturated carbocycles. The van der Waals surface area contributed by atoms with Gasteiger partial charge in [-0.1, -0.05) is 19.1 Å². The lowest BCUT2D eigenvalue weighted by Gasteiger charge is -2.24. The first-order chi connectivity index (χ1) is 7.07. The second kappa shape index (κ2) is 5.17. The minimum atomic E-state index is 0.197. The molecule has 0 aromatic heterocycles. The standard InChI is InChI=1S/C13H21NO/c1-5-13(2,3)14-10-11-7-6-8-12(9-11)15-4/h6-9,14H,5,10H2,1-4H3. The Hall–Kier alpha value is -1.02. The number of nitrogens with one attached hydrogen (secondary N) is 1. The molecule has 0 aliphatic heterocycles. The van der Waals surface area contributed by atoms with Gasteiger partial charge in [0.05, 0.1) is 7.11 Å². The molecule has 2 heteroatoms. The molecule has 0 radical (unpaired) electrons. The van der Waals surface area contributed by atoms with Gasteiger partial charge in [-0.05, 0) is 38.0 Å². The smallest absolute Gasteiger partial charge is 0.119 e. The molecule has 0 spiro atoms. The van der Waals surface area contributed by atoms with Crippen molar-refractivity contribution in [1.29, 1.82) is 0 Å². The highest BCUT2D eigenvalue weighted by molar-refractivity contribution is 5.28. The number of methoxy groups -OCH3 is 1. The van der Waals surface area contributed by atoms with Gasteiger partial charge in [0.25, 0.3) is 0 Å². The summed E-state index contributed by atoms with van der Waals surface area (Å²) in [6.07, 6.45) is 1.12. The van der Waals surface area contributed by atoms with Crippen LogP contribution in [0.25, 0.3) is 0 Å². The van der Waals surface area contributed by atoms with E-state index in [-0.39, 0.29) is 5.54 Å².